The summed E-state index contributed by atoms with van der Waals surface area (Å²) >= 11 is 11.9. The smallest absolute Gasteiger partial charge is 0.244 e. The zero-order chi connectivity index (χ0) is 17.9. The van der Waals surface area contributed by atoms with E-state index in [-0.39, 0.29) is 23.8 Å². The highest BCUT2D eigenvalue weighted by molar-refractivity contribution is 6.42. The van der Waals surface area contributed by atoms with E-state index in [0.717, 1.165) is 12.0 Å². The molecule has 2 nitrogen and oxygen atoms in total. The maximum absolute atomic E-state index is 13.9. The van der Waals surface area contributed by atoms with Crippen molar-refractivity contribution < 1.29 is 9.18 Å². The average molecular weight is 370 g/mol. The Hall–Kier alpha value is -1.32. The topological polar surface area (TPSA) is 29.1 Å². The summed E-state index contributed by atoms with van der Waals surface area (Å²) in [6.07, 6.45) is 4.88. The lowest BCUT2D eigenvalue weighted by Gasteiger charge is -2.15. The molecule has 3 atom stereocenters. The molecule has 0 heterocycles. The van der Waals surface area contributed by atoms with Crippen molar-refractivity contribution in [3.8, 4) is 0 Å². The Morgan fingerprint density at radius 2 is 1.96 bits per heavy atom. The van der Waals surface area contributed by atoms with Crippen LogP contribution in [0.15, 0.2) is 42.3 Å². The lowest BCUT2D eigenvalue weighted by atomic mass is 10.1. The molecule has 5 heteroatoms. The lowest BCUT2D eigenvalue weighted by molar-refractivity contribution is -0.117. The molecule has 0 radical (unpaired) electrons. The molecule has 1 N–H and O–H groups in total. The summed E-state index contributed by atoms with van der Waals surface area (Å²) < 4.78 is 13.9. The van der Waals surface area contributed by atoms with E-state index in [4.69, 9.17) is 23.2 Å². The molecule has 0 aromatic heterocycles. The zero-order valence-electron chi connectivity index (χ0n) is 14.0. The standard InChI is InChI=1S/C19H22Cl2FNO/c1-11(2)12(3)23-19(24)7-5-15(22)8-14-9-16(14)13-4-6-17(20)18(21)10-13/h4-8,10-12,14,16H,9H2,1-3H3,(H,23,24)/b7-5+,15-8-/t12?,14-,16+/m1/s1. The minimum Gasteiger partial charge on any atom is -0.350 e. The van der Waals surface area contributed by atoms with Crippen LogP contribution in [-0.2, 0) is 4.79 Å². The molecule has 0 bridgehead atoms. The summed E-state index contributed by atoms with van der Waals surface area (Å²) in [6, 6.07) is 5.56. The van der Waals surface area contributed by atoms with Crippen LogP contribution in [0.4, 0.5) is 4.39 Å². The molecule has 1 saturated carbocycles. The second-order valence-corrected chi connectivity index (χ2v) is 7.42. The fourth-order valence-corrected chi connectivity index (χ4v) is 2.69. The van der Waals surface area contributed by atoms with Gasteiger partial charge in [0, 0.05) is 12.1 Å². The molecular weight excluding hydrogens is 348 g/mol. The number of amides is 1. The summed E-state index contributed by atoms with van der Waals surface area (Å²) in [5.74, 6) is 0.0471. The second-order valence-electron chi connectivity index (χ2n) is 6.61. The predicted octanol–water partition coefficient (Wildman–Crippen LogP) is 5.67. The van der Waals surface area contributed by atoms with E-state index in [0.29, 0.717) is 16.0 Å². The van der Waals surface area contributed by atoms with Gasteiger partial charge in [-0.05, 0) is 60.9 Å². The van der Waals surface area contributed by atoms with Gasteiger partial charge in [0.15, 0.2) is 0 Å². The third kappa shape index (κ3) is 5.35. The lowest BCUT2D eigenvalue weighted by Crippen LogP contribution is -2.34. The van der Waals surface area contributed by atoms with E-state index in [1.165, 1.54) is 12.2 Å². The largest absolute Gasteiger partial charge is 0.350 e. The van der Waals surface area contributed by atoms with Crippen molar-refractivity contribution in [1.82, 2.24) is 5.32 Å². The van der Waals surface area contributed by atoms with Crippen LogP contribution in [0, 0.1) is 11.8 Å². The molecule has 0 spiro atoms. The monoisotopic (exact) mass is 369 g/mol. The Kier molecular flexibility index (Phi) is 6.47. The van der Waals surface area contributed by atoms with Crippen molar-refractivity contribution in [3.05, 3.63) is 57.9 Å². The van der Waals surface area contributed by atoms with Crippen molar-refractivity contribution in [1.29, 1.82) is 0 Å². The van der Waals surface area contributed by atoms with Gasteiger partial charge in [0.2, 0.25) is 5.91 Å². The van der Waals surface area contributed by atoms with Crippen molar-refractivity contribution >= 4 is 29.1 Å². The quantitative estimate of drug-likeness (QED) is 0.508. The molecule has 2 rings (SSSR count). The highest BCUT2D eigenvalue weighted by Crippen LogP contribution is 2.49. The number of nitrogens with one attached hydrogen (secondary N) is 1. The first-order valence-corrected chi connectivity index (χ1v) is 8.84. The fraction of sp³-hybridized carbons (Fsp3) is 0.421. The third-order valence-electron chi connectivity index (χ3n) is 4.35. The van der Waals surface area contributed by atoms with E-state index in [1.807, 2.05) is 32.9 Å². The first-order valence-electron chi connectivity index (χ1n) is 8.08. The van der Waals surface area contributed by atoms with Gasteiger partial charge in [-0.25, -0.2) is 4.39 Å². The SMILES string of the molecule is CC(C)C(C)NC(=O)/C=C/C(F)=C/[C@@H]1C[C@H]1c1ccc(Cl)c(Cl)c1. The first kappa shape index (κ1) is 19.0. The summed E-state index contributed by atoms with van der Waals surface area (Å²) in [7, 11) is 0. The Morgan fingerprint density at radius 3 is 2.58 bits per heavy atom. The van der Waals surface area contributed by atoms with Crippen molar-refractivity contribution in [2.45, 2.75) is 39.2 Å². The number of benzene rings is 1. The molecule has 1 unspecified atom stereocenters. The number of rotatable bonds is 6. The minimum absolute atomic E-state index is 0.0525. The van der Waals surface area contributed by atoms with E-state index in [1.54, 1.807) is 12.1 Å². The summed E-state index contributed by atoms with van der Waals surface area (Å²) in [6.45, 7) is 5.96. The van der Waals surface area contributed by atoms with Crippen LogP contribution in [0.25, 0.3) is 0 Å². The van der Waals surface area contributed by atoms with Gasteiger partial charge >= 0.3 is 0 Å². The Labute approximate surface area is 152 Å². The van der Waals surface area contributed by atoms with Gasteiger partial charge in [0.05, 0.1) is 10.0 Å². The van der Waals surface area contributed by atoms with Gasteiger partial charge in [-0.1, -0.05) is 43.1 Å². The van der Waals surface area contributed by atoms with Crippen LogP contribution in [0.1, 0.15) is 38.7 Å². The molecule has 1 amide bonds. The number of carbonyl (C=O) groups is 1. The molecule has 1 fully saturated rings. The molecule has 1 aromatic carbocycles. The van der Waals surface area contributed by atoms with Crippen LogP contribution in [0.3, 0.4) is 0 Å². The molecule has 0 saturated heterocycles. The molecule has 24 heavy (non-hydrogen) atoms. The van der Waals surface area contributed by atoms with Gasteiger partial charge in [0.25, 0.3) is 0 Å². The van der Waals surface area contributed by atoms with Crippen LogP contribution in [0.2, 0.25) is 10.0 Å². The zero-order valence-corrected chi connectivity index (χ0v) is 15.5. The Bertz CT molecular complexity index is 669. The van der Waals surface area contributed by atoms with Gasteiger partial charge in [0.1, 0.15) is 5.83 Å². The maximum atomic E-state index is 13.9. The summed E-state index contributed by atoms with van der Waals surface area (Å²) in [5, 5.41) is 3.83. The highest BCUT2D eigenvalue weighted by atomic mass is 35.5. The normalized spacial score (nSPS) is 22.0. The molecule has 1 aromatic rings. The van der Waals surface area contributed by atoms with Crippen molar-refractivity contribution in [2.24, 2.45) is 11.8 Å². The number of allylic oxidation sites excluding steroid dienone is 3. The average Bonchev–Trinajstić information content (AvgIpc) is 3.27. The van der Waals surface area contributed by atoms with Crippen LogP contribution < -0.4 is 5.32 Å². The third-order valence-corrected chi connectivity index (χ3v) is 5.09. The molecule has 0 aliphatic heterocycles. The van der Waals surface area contributed by atoms with Crippen LogP contribution >= 0.6 is 23.2 Å². The van der Waals surface area contributed by atoms with Gasteiger partial charge in [-0.2, -0.15) is 0 Å². The molecular formula is C19H22Cl2FNO. The summed E-state index contributed by atoms with van der Waals surface area (Å²) in [4.78, 5) is 11.7. The highest BCUT2D eigenvalue weighted by Gasteiger charge is 2.37. The number of hydrogen-bond donors (Lipinski definition) is 1. The van der Waals surface area contributed by atoms with Crippen molar-refractivity contribution in [3.63, 3.8) is 0 Å². The summed E-state index contributed by atoms with van der Waals surface area (Å²) in [5.41, 5.74) is 1.06. The fourth-order valence-electron chi connectivity index (χ4n) is 2.38. The van der Waals surface area contributed by atoms with E-state index in [9.17, 15) is 9.18 Å². The Balaban J connectivity index is 1.89. The molecule has 1 aliphatic rings. The minimum atomic E-state index is -0.394. The van der Waals surface area contributed by atoms with E-state index >= 15 is 0 Å². The van der Waals surface area contributed by atoms with E-state index < -0.39 is 5.83 Å². The van der Waals surface area contributed by atoms with Crippen LogP contribution in [-0.4, -0.2) is 11.9 Å². The van der Waals surface area contributed by atoms with Gasteiger partial charge in [-0.15, -0.1) is 0 Å². The van der Waals surface area contributed by atoms with Gasteiger partial charge in [-0.3, -0.25) is 4.79 Å². The second kappa shape index (κ2) is 8.17. The molecule has 1 aliphatic carbocycles. The van der Waals surface area contributed by atoms with Gasteiger partial charge < -0.3 is 5.32 Å². The Morgan fingerprint density at radius 1 is 1.25 bits per heavy atom. The molecule has 130 valence electrons. The van der Waals surface area contributed by atoms with Crippen molar-refractivity contribution in [2.75, 3.05) is 0 Å². The maximum Gasteiger partial charge on any atom is 0.244 e. The van der Waals surface area contributed by atoms with Crippen LogP contribution in [0.5, 0.6) is 0 Å². The number of halogens is 3. The predicted molar refractivity (Wildman–Crippen MR) is 98.1 cm³/mol. The number of hydrogen-bond acceptors (Lipinski definition) is 1. The first-order chi connectivity index (χ1) is 11.3. The number of carbonyl (C=O) groups excluding carboxylic acids is 1. The van der Waals surface area contributed by atoms with E-state index in [2.05, 4.69) is 5.32 Å².